The fraction of sp³-hybridized carbons (Fsp3) is 0.286. The molecule has 0 saturated carbocycles. The van der Waals surface area contributed by atoms with Crippen LogP contribution in [0, 0.1) is 13.8 Å². The van der Waals surface area contributed by atoms with Crippen LogP contribution in [0.4, 0.5) is 5.69 Å². The normalized spacial score (nSPS) is 10.5. The standard InChI is InChI=1S/C14H15ClN2O4/c1-7-10(8(2)21-17-7)6-20-14(18)9-4-11(15)12(16)5-13(9)19-3/h4-5H,6,16H2,1-3H3. The average Bonchev–Trinajstić information content (AvgIpc) is 2.78. The molecule has 6 nitrogen and oxygen atoms in total. The molecule has 1 aromatic heterocycles. The van der Waals surface area contributed by atoms with Crippen LogP contribution < -0.4 is 10.5 Å². The number of hydrogen-bond donors (Lipinski definition) is 1. The number of nitrogens with zero attached hydrogens (tertiary/aromatic N) is 1. The molecular formula is C14H15ClN2O4. The van der Waals surface area contributed by atoms with Crippen LogP contribution in [0.5, 0.6) is 5.75 Å². The number of carbonyl (C=O) groups is 1. The Labute approximate surface area is 126 Å². The fourth-order valence-electron chi connectivity index (χ4n) is 1.82. The van der Waals surface area contributed by atoms with Crippen LogP contribution >= 0.6 is 11.6 Å². The Bertz CT molecular complexity index is 662. The number of rotatable bonds is 4. The van der Waals surface area contributed by atoms with Gasteiger partial charge in [0.25, 0.3) is 0 Å². The minimum absolute atomic E-state index is 0.0607. The number of nitrogen functional groups attached to an aromatic ring is 1. The molecule has 0 unspecified atom stereocenters. The zero-order valence-corrected chi connectivity index (χ0v) is 12.7. The summed E-state index contributed by atoms with van der Waals surface area (Å²) in [6.07, 6.45) is 0. The highest BCUT2D eigenvalue weighted by atomic mass is 35.5. The topological polar surface area (TPSA) is 87.6 Å². The van der Waals surface area contributed by atoms with Gasteiger partial charge in [0.05, 0.1) is 29.1 Å². The maximum Gasteiger partial charge on any atom is 0.342 e. The third-order valence-corrected chi connectivity index (χ3v) is 3.39. The molecule has 0 spiro atoms. The van der Waals surface area contributed by atoms with Crippen molar-refractivity contribution in [3.05, 3.63) is 39.7 Å². The van der Waals surface area contributed by atoms with E-state index in [9.17, 15) is 4.79 Å². The lowest BCUT2D eigenvalue weighted by Crippen LogP contribution is -2.08. The Hall–Kier alpha value is -2.21. The number of aromatic nitrogens is 1. The van der Waals surface area contributed by atoms with Crippen molar-refractivity contribution in [2.75, 3.05) is 12.8 Å². The highest BCUT2D eigenvalue weighted by Gasteiger charge is 2.18. The van der Waals surface area contributed by atoms with Gasteiger partial charge in [0, 0.05) is 6.07 Å². The van der Waals surface area contributed by atoms with Gasteiger partial charge >= 0.3 is 5.97 Å². The average molecular weight is 311 g/mol. The summed E-state index contributed by atoms with van der Waals surface area (Å²) in [4.78, 5) is 12.2. The minimum atomic E-state index is -0.561. The number of ether oxygens (including phenoxy) is 2. The van der Waals surface area contributed by atoms with E-state index in [1.165, 1.54) is 19.2 Å². The summed E-state index contributed by atoms with van der Waals surface area (Å²) in [6.45, 7) is 3.59. The Kier molecular flexibility index (Phi) is 4.37. The van der Waals surface area contributed by atoms with Crippen molar-refractivity contribution in [2.45, 2.75) is 20.5 Å². The molecule has 1 aromatic carbocycles. The van der Waals surface area contributed by atoms with Crippen LogP contribution in [0.2, 0.25) is 5.02 Å². The second-order valence-electron chi connectivity index (χ2n) is 4.45. The fourth-order valence-corrected chi connectivity index (χ4v) is 1.98. The highest BCUT2D eigenvalue weighted by Crippen LogP contribution is 2.29. The summed E-state index contributed by atoms with van der Waals surface area (Å²) in [5, 5.41) is 4.06. The van der Waals surface area contributed by atoms with Crippen molar-refractivity contribution >= 4 is 23.3 Å². The van der Waals surface area contributed by atoms with Gasteiger partial charge in [-0.05, 0) is 19.9 Å². The molecule has 2 rings (SSSR count). The lowest BCUT2D eigenvalue weighted by atomic mass is 10.1. The first-order chi connectivity index (χ1) is 9.93. The molecule has 0 fully saturated rings. The van der Waals surface area contributed by atoms with Crippen LogP contribution in [0.1, 0.15) is 27.4 Å². The third-order valence-electron chi connectivity index (χ3n) is 3.07. The van der Waals surface area contributed by atoms with Gasteiger partial charge in [-0.3, -0.25) is 0 Å². The van der Waals surface area contributed by atoms with Crippen molar-refractivity contribution in [3.63, 3.8) is 0 Å². The zero-order valence-electron chi connectivity index (χ0n) is 11.9. The maximum absolute atomic E-state index is 12.2. The molecule has 0 aliphatic rings. The van der Waals surface area contributed by atoms with E-state index in [1.807, 2.05) is 0 Å². The second-order valence-corrected chi connectivity index (χ2v) is 4.86. The molecule has 1 heterocycles. The molecule has 0 atom stereocenters. The summed E-state index contributed by atoms with van der Waals surface area (Å²) in [5.41, 5.74) is 7.64. The van der Waals surface area contributed by atoms with Crippen LogP contribution in [-0.2, 0) is 11.3 Å². The minimum Gasteiger partial charge on any atom is -0.496 e. The van der Waals surface area contributed by atoms with Crippen molar-refractivity contribution < 1.29 is 18.8 Å². The Morgan fingerprint density at radius 1 is 1.43 bits per heavy atom. The largest absolute Gasteiger partial charge is 0.496 e. The van der Waals surface area contributed by atoms with Gasteiger partial charge in [-0.25, -0.2) is 4.79 Å². The number of esters is 1. The first kappa shape index (κ1) is 15.2. The first-order valence-electron chi connectivity index (χ1n) is 6.16. The highest BCUT2D eigenvalue weighted by molar-refractivity contribution is 6.33. The van der Waals surface area contributed by atoms with Gasteiger partial charge in [-0.2, -0.15) is 0 Å². The molecule has 2 N–H and O–H groups in total. The van der Waals surface area contributed by atoms with Crippen LogP contribution in [0.25, 0.3) is 0 Å². The smallest absolute Gasteiger partial charge is 0.342 e. The molecule has 2 aromatic rings. The van der Waals surface area contributed by atoms with E-state index in [1.54, 1.807) is 13.8 Å². The van der Waals surface area contributed by atoms with E-state index >= 15 is 0 Å². The molecule has 7 heteroatoms. The van der Waals surface area contributed by atoms with E-state index in [2.05, 4.69) is 5.16 Å². The summed E-state index contributed by atoms with van der Waals surface area (Å²) in [7, 11) is 1.44. The van der Waals surface area contributed by atoms with E-state index < -0.39 is 5.97 Å². The number of anilines is 1. The Morgan fingerprint density at radius 3 is 2.71 bits per heavy atom. The quantitative estimate of drug-likeness (QED) is 0.690. The molecule has 21 heavy (non-hydrogen) atoms. The van der Waals surface area contributed by atoms with E-state index in [0.717, 1.165) is 5.56 Å². The van der Waals surface area contributed by atoms with E-state index in [0.29, 0.717) is 22.9 Å². The summed E-state index contributed by atoms with van der Waals surface area (Å²) < 4.78 is 15.4. The molecule has 0 aliphatic heterocycles. The molecule has 0 radical (unpaired) electrons. The second kappa shape index (κ2) is 6.05. The van der Waals surface area contributed by atoms with Gasteiger partial charge in [-0.15, -0.1) is 0 Å². The first-order valence-corrected chi connectivity index (χ1v) is 6.53. The number of aryl methyl sites for hydroxylation is 2. The summed E-state index contributed by atoms with van der Waals surface area (Å²) in [6, 6.07) is 2.90. The predicted octanol–water partition coefficient (Wildman–Crippen LogP) is 2.89. The Morgan fingerprint density at radius 2 is 2.14 bits per heavy atom. The van der Waals surface area contributed by atoms with Crippen molar-refractivity contribution in [1.29, 1.82) is 0 Å². The van der Waals surface area contributed by atoms with Gasteiger partial charge in [0.2, 0.25) is 0 Å². The number of nitrogens with two attached hydrogens (primary N) is 1. The molecule has 0 amide bonds. The predicted molar refractivity (Wildman–Crippen MR) is 77.5 cm³/mol. The molecule has 0 bridgehead atoms. The van der Waals surface area contributed by atoms with Crippen LogP contribution in [-0.4, -0.2) is 18.2 Å². The van der Waals surface area contributed by atoms with Crippen LogP contribution in [0.15, 0.2) is 16.7 Å². The number of hydrogen-bond acceptors (Lipinski definition) is 6. The van der Waals surface area contributed by atoms with Crippen molar-refractivity contribution in [3.8, 4) is 5.75 Å². The Balaban J connectivity index is 2.19. The molecule has 0 aliphatic carbocycles. The number of methoxy groups -OCH3 is 1. The van der Waals surface area contributed by atoms with Gasteiger partial charge in [0.1, 0.15) is 23.7 Å². The number of halogens is 1. The zero-order chi connectivity index (χ0) is 15.6. The van der Waals surface area contributed by atoms with Gasteiger partial charge in [0.15, 0.2) is 0 Å². The SMILES string of the molecule is COc1cc(N)c(Cl)cc1C(=O)OCc1c(C)noc1C. The summed E-state index contributed by atoms with van der Waals surface area (Å²) >= 11 is 5.92. The van der Waals surface area contributed by atoms with Crippen LogP contribution in [0.3, 0.4) is 0 Å². The molecular weight excluding hydrogens is 296 g/mol. The number of benzene rings is 1. The van der Waals surface area contributed by atoms with Gasteiger partial charge in [-0.1, -0.05) is 16.8 Å². The lowest BCUT2D eigenvalue weighted by Gasteiger charge is -2.10. The maximum atomic E-state index is 12.2. The molecule has 0 saturated heterocycles. The van der Waals surface area contributed by atoms with Crippen molar-refractivity contribution in [1.82, 2.24) is 5.16 Å². The molecule has 112 valence electrons. The lowest BCUT2D eigenvalue weighted by molar-refractivity contribution is 0.0467. The van der Waals surface area contributed by atoms with Gasteiger partial charge < -0.3 is 19.7 Å². The number of carbonyl (C=O) groups excluding carboxylic acids is 1. The van der Waals surface area contributed by atoms with E-state index in [4.69, 9.17) is 31.3 Å². The van der Waals surface area contributed by atoms with E-state index in [-0.39, 0.29) is 17.2 Å². The third kappa shape index (κ3) is 3.11. The van der Waals surface area contributed by atoms with Crippen molar-refractivity contribution in [2.24, 2.45) is 0 Å². The summed E-state index contributed by atoms with van der Waals surface area (Å²) in [5.74, 6) is 0.358. The monoisotopic (exact) mass is 310 g/mol.